The van der Waals surface area contributed by atoms with Crippen molar-refractivity contribution < 1.29 is 8.42 Å². The molecule has 4 nitrogen and oxygen atoms in total. The van der Waals surface area contributed by atoms with Gasteiger partial charge in [-0.1, -0.05) is 12.8 Å². The minimum absolute atomic E-state index is 0.00347. The van der Waals surface area contributed by atoms with Crippen molar-refractivity contribution in [2.24, 2.45) is 5.73 Å². The van der Waals surface area contributed by atoms with Gasteiger partial charge in [0.05, 0.1) is 6.26 Å². The Bertz CT molecular complexity index is 263. The van der Waals surface area contributed by atoms with Crippen molar-refractivity contribution in [2.75, 3.05) is 13.3 Å². The molecule has 13 heavy (non-hydrogen) atoms. The summed E-state index contributed by atoms with van der Waals surface area (Å²) in [6.07, 6.45) is 5.26. The van der Waals surface area contributed by atoms with Crippen molar-refractivity contribution in [1.82, 2.24) is 4.31 Å². The topological polar surface area (TPSA) is 63.4 Å². The van der Waals surface area contributed by atoms with E-state index in [2.05, 4.69) is 0 Å². The standard InChI is InChI=1S/C8H18N2O2S/c1-10(13(2,11)12)8-6-4-3-5-7(8)9/h7-8H,3-6,9H2,1-2H3/t7?,8-/m1/s1. The molecule has 0 spiro atoms. The second kappa shape index (κ2) is 3.94. The molecule has 1 aliphatic rings. The van der Waals surface area contributed by atoms with Gasteiger partial charge in [-0.2, -0.15) is 0 Å². The zero-order valence-corrected chi connectivity index (χ0v) is 9.05. The maximum atomic E-state index is 11.2. The molecule has 1 saturated carbocycles. The van der Waals surface area contributed by atoms with E-state index < -0.39 is 10.0 Å². The largest absolute Gasteiger partial charge is 0.326 e. The van der Waals surface area contributed by atoms with Crippen LogP contribution in [0, 0.1) is 0 Å². The van der Waals surface area contributed by atoms with Crippen LogP contribution in [0.1, 0.15) is 25.7 Å². The maximum Gasteiger partial charge on any atom is 0.211 e. The highest BCUT2D eigenvalue weighted by Gasteiger charge is 2.29. The molecule has 78 valence electrons. The highest BCUT2D eigenvalue weighted by Crippen LogP contribution is 2.22. The van der Waals surface area contributed by atoms with Crippen LogP contribution in [0.5, 0.6) is 0 Å². The van der Waals surface area contributed by atoms with Gasteiger partial charge in [0.1, 0.15) is 0 Å². The van der Waals surface area contributed by atoms with E-state index >= 15 is 0 Å². The molecule has 2 N–H and O–H groups in total. The monoisotopic (exact) mass is 206 g/mol. The Morgan fingerprint density at radius 2 is 1.85 bits per heavy atom. The van der Waals surface area contributed by atoms with Crippen molar-refractivity contribution in [1.29, 1.82) is 0 Å². The molecule has 1 rings (SSSR count). The van der Waals surface area contributed by atoms with E-state index in [9.17, 15) is 8.42 Å². The van der Waals surface area contributed by atoms with Crippen molar-refractivity contribution in [2.45, 2.75) is 37.8 Å². The Hall–Kier alpha value is -0.130. The number of nitrogens with two attached hydrogens (primary N) is 1. The second-order valence-electron chi connectivity index (χ2n) is 3.79. The fourth-order valence-electron chi connectivity index (χ4n) is 1.84. The fraction of sp³-hybridized carbons (Fsp3) is 1.00. The average molecular weight is 206 g/mol. The van der Waals surface area contributed by atoms with Crippen LogP contribution in [0.3, 0.4) is 0 Å². The summed E-state index contributed by atoms with van der Waals surface area (Å²) < 4.78 is 23.9. The van der Waals surface area contributed by atoms with Gasteiger partial charge in [-0.3, -0.25) is 0 Å². The lowest BCUT2D eigenvalue weighted by Gasteiger charge is -2.34. The average Bonchev–Trinajstić information content (AvgIpc) is 2.02. The highest BCUT2D eigenvalue weighted by molar-refractivity contribution is 7.88. The number of rotatable bonds is 2. The summed E-state index contributed by atoms with van der Waals surface area (Å²) >= 11 is 0. The van der Waals surface area contributed by atoms with E-state index in [4.69, 9.17) is 5.73 Å². The van der Waals surface area contributed by atoms with Crippen molar-refractivity contribution >= 4 is 10.0 Å². The van der Waals surface area contributed by atoms with Gasteiger partial charge in [-0.25, -0.2) is 12.7 Å². The van der Waals surface area contributed by atoms with Gasteiger partial charge in [-0.15, -0.1) is 0 Å². The molecular formula is C8H18N2O2S. The van der Waals surface area contributed by atoms with Crippen molar-refractivity contribution in [3.63, 3.8) is 0 Å². The number of hydrogen-bond acceptors (Lipinski definition) is 3. The fourth-order valence-corrected chi connectivity index (χ4v) is 2.59. The van der Waals surface area contributed by atoms with Crippen LogP contribution < -0.4 is 5.73 Å². The predicted octanol–water partition coefficient (Wildman–Crippen LogP) is 0.148. The molecule has 0 aliphatic heterocycles. The van der Waals surface area contributed by atoms with Crippen LogP contribution in [0.4, 0.5) is 0 Å². The number of nitrogens with zero attached hydrogens (tertiary/aromatic N) is 1. The Balaban J connectivity index is 2.70. The first kappa shape index (κ1) is 10.9. The molecule has 1 aliphatic carbocycles. The molecule has 0 radical (unpaired) electrons. The molecule has 0 saturated heterocycles. The van der Waals surface area contributed by atoms with Gasteiger partial charge in [0.15, 0.2) is 0 Å². The summed E-state index contributed by atoms with van der Waals surface area (Å²) in [4.78, 5) is 0. The first-order valence-corrected chi connectivity index (χ1v) is 6.46. The minimum Gasteiger partial charge on any atom is -0.326 e. The van der Waals surface area contributed by atoms with E-state index in [0.29, 0.717) is 0 Å². The third-order valence-corrected chi connectivity index (χ3v) is 4.09. The van der Waals surface area contributed by atoms with Gasteiger partial charge in [-0.05, 0) is 12.8 Å². The molecule has 0 aromatic heterocycles. The molecule has 0 amide bonds. The SMILES string of the molecule is CN([C@@H]1CCCCC1N)S(C)(=O)=O. The lowest BCUT2D eigenvalue weighted by Crippen LogP contribution is -2.49. The van der Waals surface area contributed by atoms with E-state index in [0.717, 1.165) is 25.7 Å². The Labute approximate surface area is 80.1 Å². The predicted molar refractivity (Wildman–Crippen MR) is 52.8 cm³/mol. The second-order valence-corrected chi connectivity index (χ2v) is 5.84. The highest BCUT2D eigenvalue weighted by atomic mass is 32.2. The molecule has 0 aromatic carbocycles. The molecule has 0 bridgehead atoms. The van der Waals surface area contributed by atoms with E-state index in [1.807, 2.05) is 0 Å². The zero-order valence-electron chi connectivity index (χ0n) is 8.23. The summed E-state index contributed by atoms with van der Waals surface area (Å²) in [7, 11) is -1.47. The van der Waals surface area contributed by atoms with Crippen LogP contribution >= 0.6 is 0 Å². The molecule has 1 fully saturated rings. The van der Waals surface area contributed by atoms with Crippen LogP contribution in [0.15, 0.2) is 0 Å². The van der Waals surface area contributed by atoms with E-state index in [-0.39, 0.29) is 12.1 Å². The van der Waals surface area contributed by atoms with Crippen LogP contribution in [0.25, 0.3) is 0 Å². The summed E-state index contributed by atoms with van der Waals surface area (Å²) in [5.74, 6) is 0. The van der Waals surface area contributed by atoms with Gasteiger partial charge < -0.3 is 5.73 Å². The van der Waals surface area contributed by atoms with Crippen LogP contribution in [-0.4, -0.2) is 38.1 Å². The number of likely N-dealkylation sites (N-methyl/N-ethyl adjacent to an activating group) is 1. The third kappa shape index (κ3) is 2.65. The van der Waals surface area contributed by atoms with Gasteiger partial charge in [0.25, 0.3) is 0 Å². The Kier molecular flexibility index (Phi) is 3.32. The first-order valence-electron chi connectivity index (χ1n) is 4.61. The molecule has 0 heterocycles. The van der Waals surface area contributed by atoms with Gasteiger partial charge in [0, 0.05) is 19.1 Å². The number of hydrogen-bond donors (Lipinski definition) is 1. The van der Waals surface area contributed by atoms with Crippen molar-refractivity contribution in [3.05, 3.63) is 0 Å². The minimum atomic E-state index is -3.08. The summed E-state index contributed by atoms with van der Waals surface area (Å²) in [6.45, 7) is 0. The lowest BCUT2D eigenvalue weighted by molar-refractivity contribution is 0.253. The smallest absolute Gasteiger partial charge is 0.211 e. The third-order valence-electron chi connectivity index (χ3n) is 2.77. The summed E-state index contributed by atoms with van der Waals surface area (Å²) in [6, 6.07) is 0.0113. The quantitative estimate of drug-likeness (QED) is 0.699. The first-order chi connectivity index (χ1) is 5.93. The molecular weight excluding hydrogens is 188 g/mol. The molecule has 0 aromatic rings. The normalized spacial score (nSPS) is 30.8. The van der Waals surface area contributed by atoms with Crippen LogP contribution in [0.2, 0.25) is 0 Å². The van der Waals surface area contributed by atoms with Crippen molar-refractivity contribution in [3.8, 4) is 0 Å². The van der Waals surface area contributed by atoms with Crippen LogP contribution in [-0.2, 0) is 10.0 Å². The molecule has 2 atom stereocenters. The zero-order chi connectivity index (χ0) is 10.1. The Morgan fingerprint density at radius 3 is 2.31 bits per heavy atom. The lowest BCUT2D eigenvalue weighted by atomic mass is 9.91. The van der Waals surface area contributed by atoms with E-state index in [1.165, 1.54) is 10.6 Å². The molecule has 5 heteroatoms. The van der Waals surface area contributed by atoms with E-state index in [1.54, 1.807) is 7.05 Å². The maximum absolute atomic E-state index is 11.2. The Morgan fingerprint density at radius 1 is 1.31 bits per heavy atom. The van der Waals surface area contributed by atoms with Gasteiger partial charge in [0.2, 0.25) is 10.0 Å². The summed E-state index contributed by atoms with van der Waals surface area (Å²) in [5.41, 5.74) is 5.87. The molecule has 1 unspecified atom stereocenters. The number of sulfonamides is 1. The summed E-state index contributed by atoms with van der Waals surface area (Å²) in [5, 5.41) is 0. The van der Waals surface area contributed by atoms with Gasteiger partial charge >= 0.3 is 0 Å².